The first kappa shape index (κ1) is 12.5. The molecule has 0 fully saturated rings. The van der Waals surface area contributed by atoms with E-state index in [1.165, 1.54) is 13.1 Å². The maximum atomic E-state index is 12.6. The van der Waals surface area contributed by atoms with Crippen LogP contribution in [0.3, 0.4) is 0 Å². The monoisotopic (exact) mass is 246 g/mol. The fourth-order valence-corrected chi connectivity index (χ4v) is 1.31. The van der Waals surface area contributed by atoms with Crippen molar-refractivity contribution in [2.45, 2.75) is 6.18 Å². The number of alkyl halides is 3. The fourth-order valence-electron chi connectivity index (χ4n) is 1.15. The quantitative estimate of drug-likeness (QED) is 0.701. The molecule has 0 aliphatic heterocycles. The van der Waals surface area contributed by atoms with Crippen molar-refractivity contribution in [3.63, 3.8) is 0 Å². The van der Waals surface area contributed by atoms with E-state index in [1.807, 2.05) is 0 Å². The van der Waals surface area contributed by atoms with Crippen molar-refractivity contribution in [1.29, 1.82) is 5.26 Å². The van der Waals surface area contributed by atoms with Gasteiger partial charge in [0.1, 0.15) is 5.17 Å². The van der Waals surface area contributed by atoms with Gasteiger partial charge in [0.05, 0.1) is 17.2 Å². The van der Waals surface area contributed by atoms with Gasteiger partial charge in [-0.25, -0.2) is 0 Å². The van der Waals surface area contributed by atoms with E-state index in [0.29, 0.717) is 0 Å². The van der Waals surface area contributed by atoms with Crippen LogP contribution < -0.4 is 0 Å². The number of rotatable bonds is 1. The third kappa shape index (κ3) is 2.52. The molecule has 0 aliphatic carbocycles. The average molecular weight is 247 g/mol. The third-order valence-corrected chi connectivity index (χ3v) is 2.25. The lowest BCUT2D eigenvalue weighted by Gasteiger charge is -2.11. The number of halogens is 4. The molecule has 0 aliphatic rings. The maximum Gasteiger partial charge on any atom is 0.417 e. The summed E-state index contributed by atoms with van der Waals surface area (Å²) in [7, 11) is 1.29. The van der Waals surface area contributed by atoms with E-state index in [-0.39, 0.29) is 16.3 Å². The van der Waals surface area contributed by atoms with Crippen LogP contribution in [0.25, 0.3) is 0 Å². The lowest BCUT2D eigenvalue weighted by Crippen LogP contribution is -2.11. The molecule has 0 radical (unpaired) electrons. The van der Waals surface area contributed by atoms with E-state index in [9.17, 15) is 13.2 Å². The van der Waals surface area contributed by atoms with Crippen molar-refractivity contribution in [1.82, 2.24) is 0 Å². The van der Waals surface area contributed by atoms with Crippen LogP contribution in [0.15, 0.2) is 23.2 Å². The molecule has 0 unspecified atom stereocenters. The summed E-state index contributed by atoms with van der Waals surface area (Å²) >= 11 is 5.56. The Morgan fingerprint density at radius 2 is 2.06 bits per heavy atom. The summed E-state index contributed by atoms with van der Waals surface area (Å²) in [6.07, 6.45) is -4.56. The fraction of sp³-hybridized carbons (Fsp3) is 0.200. The molecule has 0 atom stereocenters. The Morgan fingerprint density at radius 3 is 2.50 bits per heavy atom. The van der Waals surface area contributed by atoms with Crippen molar-refractivity contribution in [2.24, 2.45) is 4.99 Å². The molecule has 1 aromatic rings. The van der Waals surface area contributed by atoms with Crippen LogP contribution >= 0.6 is 11.6 Å². The van der Waals surface area contributed by atoms with Gasteiger partial charge < -0.3 is 0 Å². The van der Waals surface area contributed by atoms with Crippen molar-refractivity contribution in [2.75, 3.05) is 7.05 Å². The second-order valence-electron chi connectivity index (χ2n) is 2.88. The Hall–Kier alpha value is -1.54. The standard InChI is InChI=1S/C10H6ClF3N2/c1-16-9(11)7-3-2-6(5-15)4-8(7)10(12,13)14/h2-4H,1H3. The Morgan fingerprint density at radius 1 is 1.44 bits per heavy atom. The zero-order valence-corrected chi connectivity index (χ0v) is 8.89. The first-order valence-corrected chi connectivity index (χ1v) is 4.52. The predicted molar refractivity (Wildman–Crippen MR) is 54.5 cm³/mol. The van der Waals surface area contributed by atoms with Gasteiger partial charge in [0.15, 0.2) is 0 Å². The highest BCUT2D eigenvalue weighted by Crippen LogP contribution is 2.33. The molecule has 2 nitrogen and oxygen atoms in total. The topological polar surface area (TPSA) is 36.1 Å². The molecule has 6 heteroatoms. The summed E-state index contributed by atoms with van der Waals surface area (Å²) in [6.45, 7) is 0. The van der Waals surface area contributed by atoms with Crippen LogP contribution in [-0.2, 0) is 6.18 Å². The zero-order chi connectivity index (χ0) is 12.3. The molecule has 0 bridgehead atoms. The molecule has 1 rings (SSSR count). The number of nitrogens with zero attached hydrogens (tertiary/aromatic N) is 2. The minimum Gasteiger partial charge on any atom is -0.276 e. The molecule has 1 aromatic carbocycles. The van der Waals surface area contributed by atoms with Gasteiger partial charge in [0.25, 0.3) is 0 Å². The first-order valence-electron chi connectivity index (χ1n) is 4.14. The van der Waals surface area contributed by atoms with Crippen LogP contribution in [0.4, 0.5) is 13.2 Å². The van der Waals surface area contributed by atoms with Crippen molar-refractivity contribution in [3.05, 3.63) is 34.9 Å². The van der Waals surface area contributed by atoms with E-state index in [4.69, 9.17) is 16.9 Å². The molecule has 84 valence electrons. The average Bonchev–Trinajstić information content (AvgIpc) is 2.26. The first-order chi connectivity index (χ1) is 7.40. The van der Waals surface area contributed by atoms with Gasteiger partial charge in [-0.3, -0.25) is 4.99 Å². The van der Waals surface area contributed by atoms with Crippen LogP contribution in [-0.4, -0.2) is 12.2 Å². The summed E-state index contributed by atoms with van der Waals surface area (Å²) < 4.78 is 37.9. The molecule has 16 heavy (non-hydrogen) atoms. The van der Waals surface area contributed by atoms with Gasteiger partial charge in [0.2, 0.25) is 0 Å². The number of benzene rings is 1. The highest BCUT2D eigenvalue weighted by molar-refractivity contribution is 6.69. The van der Waals surface area contributed by atoms with Gasteiger partial charge in [-0.15, -0.1) is 0 Å². The minimum atomic E-state index is -4.56. The van der Waals surface area contributed by atoms with E-state index in [0.717, 1.165) is 12.1 Å². The minimum absolute atomic E-state index is 0.0726. The van der Waals surface area contributed by atoms with Crippen LogP contribution in [0.2, 0.25) is 0 Å². The summed E-state index contributed by atoms with van der Waals surface area (Å²) in [5.41, 5.74) is -1.26. The molecular weight excluding hydrogens is 241 g/mol. The van der Waals surface area contributed by atoms with Crippen molar-refractivity contribution >= 4 is 16.8 Å². The van der Waals surface area contributed by atoms with Crippen LogP contribution in [0.1, 0.15) is 16.7 Å². The Bertz CT molecular complexity index is 472. The summed E-state index contributed by atoms with van der Waals surface area (Å²) in [5, 5.41) is 8.29. The third-order valence-electron chi connectivity index (χ3n) is 1.87. The lowest BCUT2D eigenvalue weighted by molar-refractivity contribution is -0.137. The van der Waals surface area contributed by atoms with Gasteiger partial charge >= 0.3 is 6.18 Å². The predicted octanol–water partition coefficient (Wildman–Crippen LogP) is 3.19. The Kier molecular flexibility index (Phi) is 3.55. The number of hydrogen-bond donors (Lipinski definition) is 0. The maximum absolute atomic E-state index is 12.6. The van der Waals surface area contributed by atoms with Gasteiger partial charge in [-0.2, -0.15) is 18.4 Å². The molecule has 0 heterocycles. The number of aliphatic imine (C=N–C) groups is 1. The molecule has 0 spiro atoms. The normalized spacial score (nSPS) is 12.4. The van der Waals surface area contributed by atoms with Gasteiger partial charge in [-0.1, -0.05) is 11.6 Å². The Balaban J connectivity index is 3.47. The van der Waals surface area contributed by atoms with Crippen LogP contribution in [0.5, 0.6) is 0 Å². The number of nitriles is 1. The van der Waals surface area contributed by atoms with Gasteiger partial charge in [-0.05, 0) is 18.2 Å². The smallest absolute Gasteiger partial charge is 0.276 e. The molecular formula is C10H6ClF3N2. The number of hydrogen-bond acceptors (Lipinski definition) is 2. The molecule has 0 saturated carbocycles. The highest BCUT2D eigenvalue weighted by atomic mass is 35.5. The Labute approximate surface area is 95.0 Å². The molecule has 0 amide bonds. The molecule has 0 saturated heterocycles. The van der Waals surface area contributed by atoms with E-state index >= 15 is 0 Å². The SMILES string of the molecule is CN=C(Cl)c1ccc(C#N)cc1C(F)(F)F. The summed E-state index contributed by atoms with van der Waals surface area (Å²) in [4.78, 5) is 3.49. The lowest BCUT2D eigenvalue weighted by atomic mass is 10.0. The highest BCUT2D eigenvalue weighted by Gasteiger charge is 2.34. The second kappa shape index (κ2) is 4.54. The zero-order valence-electron chi connectivity index (χ0n) is 8.14. The van der Waals surface area contributed by atoms with Gasteiger partial charge in [0, 0.05) is 12.6 Å². The molecule has 0 aromatic heterocycles. The molecule has 0 N–H and O–H groups in total. The second-order valence-corrected chi connectivity index (χ2v) is 3.24. The van der Waals surface area contributed by atoms with Crippen molar-refractivity contribution in [3.8, 4) is 6.07 Å². The van der Waals surface area contributed by atoms with E-state index < -0.39 is 11.7 Å². The summed E-state index contributed by atoms with van der Waals surface area (Å²) in [6, 6.07) is 4.79. The largest absolute Gasteiger partial charge is 0.417 e. The van der Waals surface area contributed by atoms with Crippen LogP contribution in [0, 0.1) is 11.3 Å². The van der Waals surface area contributed by atoms with E-state index in [1.54, 1.807) is 6.07 Å². The van der Waals surface area contributed by atoms with E-state index in [2.05, 4.69) is 4.99 Å². The summed E-state index contributed by atoms with van der Waals surface area (Å²) in [5.74, 6) is 0. The van der Waals surface area contributed by atoms with Crippen molar-refractivity contribution < 1.29 is 13.2 Å².